The number of hydrogen-bond acceptors (Lipinski definition) is 6. The Morgan fingerprint density at radius 1 is 1.25 bits per heavy atom. The first-order valence-corrected chi connectivity index (χ1v) is 11.5. The zero-order valence-electron chi connectivity index (χ0n) is 16.2. The van der Waals surface area contributed by atoms with Crippen LogP contribution in [0.1, 0.15) is 32.3 Å². The van der Waals surface area contributed by atoms with E-state index in [1.165, 1.54) is 16.9 Å². The van der Waals surface area contributed by atoms with Gasteiger partial charge < -0.3 is 10.2 Å². The molecule has 1 aromatic carbocycles. The third kappa shape index (κ3) is 5.54. The van der Waals surface area contributed by atoms with Crippen molar-refractivity contribution in [1.82, 2.24) is 15.1 Å². The molecular formula is C20H26N4O2S2. The number of aromatic nitrogens is 2. The van der Waals surface area contributed by atoms with E-state index in [0.29, 0.717) is 31.1 Å². The summed E-state index contributed by atoms with van der Waals surface area (Å²) in [5.74, 6) is 1.18. The van der Waals surface area contributed by atoms with Gasteiger partial charge in [0.05, 0.1) is 5.25 Å². The van der Waals surface area contributed by atoms with Crippen LogP contribution in [0.4, 0.5) is 5.13 Å². The minimum atomic E-state index is -0.0811. The van der Waals surface area contributed by atoms with Gasteiger partial charge in [-0.05, 0) is 24.3 Å². The molecule has 1 fully saturated rings. The molecule has 0 radical (unpaired) electrons. The molecule has 1 saturated heterocycles. The van der Waals surface area contributed by atoms with Crippen LogP contribution >= 0.6 is 23.1 Å². The van der Waals surface area contributed by atoms with Crippen molar-refractivity contribution >= 4 is 40.0 Å². The minimum absolute atomic E-state index is 0.0253. The van der Waals surface area contributed by atoms with Crippen LogP contribution in [0.2, 0.25) is 0 Å². The maximum absolute atomic E-state index is 13.1. The van der Waals surface area contributed by atoms with Crippen molar-refractivity contribution in [2.24, 2.45) is 11.8 Å². The van der Waals surface area contributed by atoms with Crippen LogP contribution in [-0.4, -0.2) is 45.3 Å². The van der Waals surface area contributed by atoms with Crippen LogP contribution in [0.3, 0.4) is 0 Å². The van der Waals surface area contributed by atoms with Crippen molar-refractivity contribution in [2.45, 2.75) is 37.7 Å². The Labute approximate surface area is 174 Å². The molecule has 1 aliphatic rings. The quantitative estimate of drug-likeness (QED) is 0.742. The summed E-state index contributed by atoms with van der Waals surface area (Å²) in [7, 11) is 0. The number of thioether (sulfide) groups is 1. The molecule has 1 aliphatic heterocycles. The zero-order chi connectivity index (χ0) is 19.9. The number of piperidine rings is 1. The van der Waals surface area contributed by atoms with Gasteiger partial charge in [-0.15, -0.1) is 22.0 Å². The average molecular weight is 419 g/mol. The maximum Gasteiger partial charge on any atom is 0.235 e. The number of nitrogens with zero attached hydrogens (tertiary/aromatic N) is 3. The van der Waals surface area contributed by atoms with E-state index >= 15 is 0 Å². The van der Waals surface area contributed by atoms with E-state index in [0.717, 1.165) is 5.75 Å². The highest BCUT2D eigenvalue weighted by atomic mass is 32.2. The van der Waals surface area contributed by atoms with Crippen LogP contribution in [0.25, 0.3) is 0 Å². The van der Waals surface area contributed by atoms with E-state index in [9.17, 15) is 9.59 Å². The van der Waals surface area contributed by atoms with Gasteiger partial charge in [-0.1, -0.05) is 55.5 Å². The third-order valence-electron chi connectivity index (χ3n) is 4.89. The van der Waals surface area contributed by atoms with Crippen molar-refractivity contribution in [3.05, 3.63) is 41.4 Å². The van der Waals surface area contributed by atoms with Gasteiger partial charge >= 0.3 is 0 Å². The number of carbonyl (C=O) groups is 2. The van der Waals surface area contributed by atoms with E-state index in [-0.39, 0.29) is 28.9 Å². The molecule has 1 aromatic heterocycles. The van der Waals surface area contributed by atoms with Gasteiger partial charge in [0.1, 0.15) is 5.51 Å². The molecule has 1 atom stereocenters. The number of carbonyl (C=O) groups excluding carboxylic acids is 2. The number of likely N-dealkylation sites (tertiary alicyclic amines) is 1. The number of amides is 2. The van der Waals surface area contributed by atoms with Crippen LogP contribution in [0, 0.1) is 11.8 Å². The van der Waals surface area contributed by atoms with E-state index in [1.807, 2.05) is 23.1 Å². The summed E-state index contributed by atoms with van der Waals surface area (Å²) in [5, 5.41) is 10.9. The van der Waals surface area contributed by atoms with Crippen LogP contribution in [0.5, 0.6) is 0 Å². The lowest BCUT2D eigenvalue weighted by Gasteiger charge is -2.34. The van der Waals surface area contributed by atoms with E-state index in [2.05, 4.69) is 41.5 Å². The first-order chi connectivity index (χ1) is 13.5. The number of nitrogens with one attached hydrogen (secondary N) is 1. The smallest absolute Gasteiger partial charge is 0.235 e. The highest BCUT2D eigenvalue weighted by Gasteiger charge is 2.32. The predicted molar refractivity (Wildman–Crippen MR) is 114 cm³/mol. The zero-order valence-corrected chi connectivity index (χ0v) is 17.8. The number of benzene rings is 1. The molecule has 1 unspecified atom stereocenters. The van der Waals surface area contributed by atoms with Gasteiger partial charge in [0, 0.05) is 24.8 Å². The molecule has 3 rings (SSSR count). The van der Waals surface area contributed by atoms with Crippen LogP contribution in [0.15, 0.2) is 35.8 Å². The van der Waals surface area contributed by atoms with E-state index in [1.54, 1.807) is 17.3 Å². The fraction of sp³-hybridized carbons (Fsp3) is 0.500. The minimum Gasteiger partial charge on any atom is -0.342 e. The molecule has 2 aromatic rings. The maximum atomic E-state index is 13.1. The molecule has 28 heavy (non-hydrogen) atoms. The second kappa shape index (κ2) is 10.0. The summed E-state index contributed by atoms with van der Waals surface area (Å²) < 4.78 is 0. The second-order valence-electron chi connectivity index (χ2n) is 7.29. The van der Waals surface area contributed by atoms with Gasteiger partial charge in [-0.2, -0.15) is 0 Å². The monoisotopic (exact) mass is 418 g/mol. The Hall–Kier alpha value is -1.93. The lowest BCUT2D eigenvalue weighted by atomic mass is 9.95. The molecule has 150 valence electrons. The molecule has 8 heteroatoms. The van der Waals surface area contributed by atoms with Gasteiger partial charge in [-0.25, -0.2) is 0 Å². The first kappa shape index (κ1) is 20.8. The van der Waals surface area contributed by atoms with Crippen LogP contribution < -0.4 is 5.32 Å². The molecular weight excluding hydrogens is 392 g/mol. The molecule has 0 aliphatic carbocycles. The largest absolute Gasteiger partial charge is 0.342 e. The summed E-state index contributed by atoms with van der Waals surface area (Å²) in [6.07, 6.45) is 1.37. The Bertz CT molecular complexity index is 760. The summed E-state index contributed by atoms with van der Waals surface area (Å²) >= 11 is 3.02. The van der Waals surface area contributed by atoms with Crippen molar-refractivity contribution in [3.8, 4) is 0 Å². The Morgan fingerprint density at radius 3 is 2.57 bits per heavy atom. The molecule has 1 N–H and O–H groups in total. The Morgan fingerprint density at radius 2 is 1.96 bits per heavy atom. The lowest BCUT2D eigenvalue weighted by molar-refractivity contribution is -0.134. The third-order valence-corrected chi connectivity index (χ3v) is 7.10. The second-order valence-corrected chi connectivity index (χ2v) is 9.26. The van der Waals surface area contributed by atoms with Crippen molar-refractivity contribution in [3.63, 3.8) is 0 Å². The van der Waals surface area contributed by atoms with Gasteiger partial charge in [0.25, 0.3) is 0 Å². The highest BCUT2D eigenvalue weighted by Crippen LogP contribution is 2.28. The number of rotatable bonds is 7. The predicted octanol–water partition coefficient (Wildman–Crippen LogP) is 3.67. The summed E-state index contributed by atoms with van der Waals surface area (Å²) in [4.78, 5) is 27.4. The van der Waals surface area contributed by atoms with Crippen molar-refractivity contribution < 1.29 is 9.59 Å². The van der Waals surface area contributed by atoms with Gasteiger partial charge in [-0.3, -0.25) is 9.59 Å². The highest BCUT2D eigenvalue weighted by molar-refractivity contribution is 7.99. The van der Waals surface area contributed by atoms with E-state index < -0.39 is 0 Å². The molecule has 2 amide bonds. The number of hydrogen-bond donors (Lipinski definition) is 1. The number of anilines is 1. The fourth-order valence-electron chi connectivity index (χ4n) is 3.29. The summed E-state index contributed by atoms with van der Waals surface area (Å²) in [5.41, 5.74) is 2.83. The van der Waals surface area contributed by atoms with Gasteiger partial charge in [0.2, 0.25) is 16.9 Å². The SMILES string of the molecule is CC(C)C(SCc1ccccc1)C(=O)N1CCC(C(=O)Nc2nncs2)CC1. The molecule has 6 nitrogen and oxygen atoms in total. The fourth-order valence-corrected chi connectivity index (χ4v) is 4.98. The standard InChI is InChI=1S/C20H26N4O2S2/c1-14(2)17(27-12-15-6-4-3-5-7-15)19(26)24-10-8-16(9-11-24)18(25)22-20-23-21-13-28-20/h3-7,13-14,16-17H,8-12H2,1-2H3,(H,22,23,25). The lowest BCUT2D eigenvalue weighted by Crippen LogP contribution is -2.46. The molecule has 0 saturated carbocycles. The van der Waals surface area contributed by atoms with Gasteiger partial charge in [0.15, 0.2) is 0 Å². The average Bonchev–Trinajstić information content (AvgIpc) is 3.21. The van der Waals surface area contributed by atoms with Crippen molar-refractivity contribution in [2.75, 3.05) is 18.4 Å². The normalized spacial score (nSPS) is 16.2. The van der Waals surface area contributed by atoms with E-state index in [4.69, 9.17) is 0 Å². The summed E-state index contributed by atoms with van der Waals surface area (Å²) in [6.45, 7) is 5.45. The van der Waals surface area contributed by atoms with Crippen molar-refractivity contribution in [1.29, 1.82) is 0 Å². The summed E-state index contributed by atoms with van der Waals surface area (Å²) in [6, 6.07) is 10.2. The topological polar surface area (TPSA) is 75.2 Å². The first-order valence-electron chi connectivity index (χ1n) is 9.56. The Balaban J connectivity index is 1.51. The Kier molecular flexibility index (Phi) is 7.44. The molecule has 0 spiro atoms. The molecule has 2 heterocycles. The molecule has 0 bridgehead atoms. The van der Waals surface area contributed by atoms with Crippen LogP contribution in [-0.2, 0) is 15.3 Å².